The largest absolute Gasteiger partial charge is 0.493 e. The molecule has 1 aromatic heterocycles. The van der Waals surface area contributed by atoms with E-state index in [1.54, 1.807) is 12.1 Å². The van der Waals surface area contributed by atoms with E-state index in [9.17, 15) is 18.4 Å². The summed E-state index contributed by atoms with van der Waals surface area (Å²) in [5, 5.41) is 10.2. The molecule has 0 saturated heterocycles. The van der Waals surface area contributed by atoms with Crippen molar-refractivity contribution in [3.63, 3.8) is 0 Å². The summed E-state index contributed by atoms with van der Waals surface area (Å²) < 4.78 is 55.1. The lowest BCUT2D eigenvalue weighted by atomic mass is 10.0. The van der Waals surface area contributed by atoms with Gasteiger partial charge in [-0.05, 0) is 24.3 Å². The Morgan fingerprint density at radius 2 is 1.46 bits per heavy atom. The summed E-state index contributed by atoms with van der Waals surface area (Å²) in [6, 6.07) is 7.71. The van der Waals surface area contributed by atoms with Crippen LogP contribution in [0.5, 0.6) is 17.2 Å². The second kappa shape index (κ2) is 7.34. The highest BCUT2D eigenvalue weighted by Gasteiger charge is 2.30. The van der Waals surface area contributed by atoms with Crippen molar-refractivity contribution in [1.82, 2.24) is 9.71 Å². The molecule has 0 atom stereocenters. The minimum atomic E-state index is -4.45. The lowest BCUT2D eigenvalue weighted by Gasteiger charge is -2.14. The van der Waals surface area contributed by atoms with Gasteiger partial charge in [0.15, 0.2) is 11.5 Å². The maximum Gasteiger partial charge on any atom is 0.416 e. The molecule has 28 heavy (non-hydrogen) atoms. The number of nitrogens with zero attached hydrogens (tertiary/aromatic N) is 2. The van der Waals surface area contributed by atoms with E-state index < -0.39 is 11.7 Å². The molecule has 0 spiro atoms. The molecule has 0 aliphatic carbocycles. The molecule has 3 aromatic rings. The van der Waals surface area contributed by atoms with Gasteiger partial charge in [0.05, 0.1) is 26.9 Å². The monoisotopic (exact) mass is 394 g/mol. The zero-order valence-corrected chi connectivity index (χ0v) is 15.2. The smallest absolute Gasteiger partial charge is 0.416 e. The third-order valence-electron chi connectivity index (χ3n) is 4.17. The van der Waals surface area contributed by atoms with Crippen molar-refractivity contribution in [2.45, 2.75) is 6.18 Å². The highest BCUT2D eigenvalue weighted by molar-refractivity contribution is 5.81. The summed E-state index contributed by atoms with van der Waals surface area (Å²) in [5.74, 6) is 1.14. The fourth-order valence-corrected chi connectivity index (χ4v) is 2.85. The van der Waals surface area contributed by atoms with Crippen molar-refractivity contribution < 1.29 is 32.6 Å². The first-order chi connectivity index (χ1) is 13.3. The molecule has 3 rings (SSSR count). The van der Waals surface area contributed by atoms with Crippen LogP contribution < -0.4 is 14.2 Å². The molecular formula is C19H17F3N2O4. The van der Waals surface area contributed by atoms with Gasteiger partial charge in [-0.3, -0.25) is 0 Å². The Labute approximate surface area is 158 Å². The number of benzene rings is 2. The maximum absolute atomic E-state index is 12.8. The van der Waals surface area contributed by atoms with Crippen LogP contribution >= 0.6 is 0 Å². The van der Waals surface area contributed by atoms with E-state index in [1.807, 2.05) is 0 Å². The first-order valence-electron chi connectivity index (χ1n) is 8.04. The molecule has 0 aliphatic rings. The maximum atomic E-state index is 12.8. The summed E-state index contributed by atoms with van der Waals surface area (Å²) in [6.07, 6.45) is -3.29. The van der Waals surface area contributed by atoms with Gasteiger partial charge < -0.3 is 19.4 Å². The van der Waals surface area contributed by atoms with Gasteiger partial charge in [0.25, 0.3) is 0 Å². The van der Waals surface area contributed by atoms with E-state index >= 15 is 0 Å². The first-order valence-corrected chi connectivity index (χ1v) is 8.04. The van der Waals surface area contributed by atoms with Crippen LogP contribution in [-0.2, 0) is 6.18 Å². The third kappa shape index (κ3) is 3.42. The SMILES string of the molecule is COc1cc(-c2ncn(O)c2-c2ccc(C(F)(F)F)cc2)cc(OC)c1OC. The predicted octanol–water partition coefficient (Wildman–Crippen LogP) is 4.50. The van der Waals surface area contributed by atoms with E-state index in [-0.39, 0.29) is 5.69 Å². The van der Waals surface area contributed by atoms with Gasteiger partial charge in [0.2, 0.25) is 5.75 Å². The van der Waals surface area contributed by atoms with Crippen LogP contribution in [0.1, 0.15) is 5.56 Å². The van der Waals surface area contributed by atoms with Crippen LogP contribution in [0.25, 0.3) is 22.5 Å². The van der Waals surface area contributed by atoms with Gasteiger partial charge in [-0.1, -0.05) is 12.1 Å². The van der Waals surface area contributed by atoms with Crippen LogP contribution in [0.15, 0.2) is 42.7 Å². The van der Waals surface area contributed by atoms with Gasteiger partial charge in [0.1, 0.15) is 17.7 Å². The minimum Gasteiger partial charge on any atom is -0.493 e. The summed E-state index contributed by atoms with van der Waals surface area (Å²) in [4.78, 5) is 4.18. The normalized spacial score (nSPS) is 11.4. The summed E-state index contributed by atoms with van der Waals surface area (Å²) in [7, 11) is 4.39. The van der Waals surface area contributed by atoms with Gasteiger partial charge >= 0.3 is 6.18 Å². The third-order valence-corrected chi connectivity index (χ3v) is 4.17. The Morgan fingerprint density at radius 3 is 1.93 bits per heavy atom. The van der Waals surface area contributed by atoms with Crippen molar-refractivity contribution in [2.75, 3.05) is 21.3 Å². The van der Waals surface area contributed by atoms with Gasteiger partial charge in [-0.2, -0.15) is 17.9 Å². The predicted molar refractivity (Wildman–Crippen MR) is 94.9 cm³/mol. The van der Waals surface area contributed by atoms with Crippen molar-refractivity contribution >= 4 is 0 Å². The molecule has 0 radical (unpaired) electrons. The fourth-order valence-electron chi connectivity index (χ4n) is 2.85. The Bertz CT molecular complexity index is 957. The molecule has 1 N–H and O–H groups in total. The number of halogens is 3. The van der Waals surface area contributed by atoms with Gasteiger partial charge in [0, 0.05) is 11.1 Å². The number of hydrogen-bond donors (Lipinski definition) is 1. The number of imidazole rings is 1. The summed E-state index contributed by atoms with van der Waals surface area (Å²) >= 11 is 0. The van der Waals surface area contributed by atoms with Crippen LogP contribution in [0, 0.1) is 0 Å². The molecule has 2 aromatic carbocycles. The molecular weight excluding hydrogens is 377 g/mol. The second-order valence-electron chi connectivity index (χ2n) is 5.78. The van der Waals surface area contributed by atoms with E-state index in [0.29, 0.717) is 34.1 Å². The number of rotatable bonds is 5. The summed E-state index contributed by atoms with van der Waals surface area (Å²) in [5.41, 5.74) is 0.660. The topological polar surface area (TPSA) is 65.7 Å². The second-order valence-corrected chi connectivity index (χ2v) is 5.78. The summed E-state index contributed by atoms with van der Waals surface area (Å²) in [6.45, 7) is 0. The lowest BCUT2D eigenvalue weighted by Crippen LogP contribution is -2.04. The number of ether oxygens (including phenoxy) is 3. The molecule has 6 nitrogen and oxygen atoms in total. The Hall–Kier alpha value is -3.36. The van der Waals surface area contributed by atoms with Crippen LogP contribution in [0.3, 0.4) is 0 Å². The van der Waals surface area contributed by atoms with Crippen LogP contribution in [0.2, 0.25) is 0 Å². The molecule has 0 amide bonds. The fraction of sp³-hybridized carbons (Fsp3) is 0.211. The highest BCUT2D eigenvalue weighted by Crippen LogP contribution is 2.43. The number of hydrogen-bond acceptors (Lipinski definition) is 5. The first kappa shape index (κ1) is 19.4. The number of alkyl halides is 3. The lowest BCUT2D eigenvalue weighted by molar-refractivity contribution is -0.137. The average Bonchev–Trinajstić information content (AvgIpc) is 3.07. The highest BCUT2D eigenvalue weighted by atomic mass is 19.4. The van der Waals surface area contributed by atoms with Crippen LogP contribution in [-0.4, -0.2) is 36.3 Å². The Balaban J connectivity index is 2.14. The molecule has 0 fully saturated rings. The molecule has 1 heterocycles. The van der Waals surface area contributed by atoms with Crippen molar-refractivity contribution in [1.29, 1.82) is 0 Å². The molecule has 9 heteroatoms. The molecule has 0 unspecified atom stereocenters. The van der Waals surface area contributed by atoms with E-state index in [2.05, 4.69) is 4.98 Å². The number of aromatic nitrogens is 2. The molecule has 0 saturated carbocycles. The minimum absolute atomic E-state index is 0.225. The zero-order valence-electron chi connectivity index (χ0n) is 15.2. The Kier molecular flexibility index (Phi) is 5.08. The zero-order chi connectivity index (χ0) is 20.5. The number of methoxy groups -OCH3 is 3. The molecule has 0 bridgehead atoms. The van der Waals surface area contributed by atoms with Crippen molar-refractivity contribution in [3.05, 3.63) is 48.3 Å². The Morgan fingerprint density at radius 1 is 0.893 bits per heavy atom. The van der Waals surface area contributed by atoms with Crippen LogP contribution in [0.4, 0.5) is 13.2 Å². The molecule has 148 valence electrons. The van der Waals surface area contributed by atoms with Gasteiger partial charge in [-0.15, -0.1) is 0 Å². The quantitative estimate of drug-likeness (QED) is 0.646. The molecule has 0 aliphatic heterocycles. The van der Waals surface area contributed by atoms with E-state index in [1.165, 1.54) is 33.5 Å². The average molecular weight is 394 g/mol. The van der Waals surface area contributed by atoms with E-state index in [4.69, 9.17) is 14.2 Å². The van der Waals surface area contributed by atoms with Crippen molar-refractivity contribution in [2.24, 2.45) is 0 Å². The standard InChI is InChI=1S/C19H17F3N2O4/c1-26-14-8-12(9-15(27-2)18(14)28-3)16-17(24(25)10-23-16)11-4-6-13(7-5-11)19(20,21)22/h4-10,25H,1-3H3. The van der Waals surface area contributed by atoms with Gasteiger partial charge in [-0.25, -0.2) is 4.98 Å². The van der Waals surface area contributed by atoms with E-state index in [0.717, 1.165) is 23.2 Å². The van der Waals surface area contributed by atoms with Crippen molar-refractivity contribution in [3.8, 4) is 39.8 Å².